The van der Waals surface area contributed by atoms with E-state index in [1.165, 1.54) is 5.09 Å². The number of non-ortho nitro benzene ring substituents is 1. The lowest BCUT2D eigenvalue weighted by atomic mass is 10.3. The fourth-order valence-corrected chi connectivity index (χ4v) is 2.20. The van der Waals surface area contributed by atoms with E-state index in [1.54, 1.807) is 0 Å². The standard InChI is InChI=1S/C8H6Cl3N2O6P/c9-8(10,11)7(14)12-20(17,18)19-6-3-1-5(2-4-6)13(15)16/h1-4H,(H2,12,14,17,18). The summed E-state index contributed by atoms with van der Waals surface area (Å²) < 4.78 is 13.7. The van der Waals surface area contributed by atoms with Gasteiger partial charge >= 0.3 is 7.75 Å². The van der Waals surface area contributed by atoms with Crippen LogP contribution >= 0.6 is 42.5 Å². The van der Waals surface area contributed by atoms with Gasteiger partial charge in [0.05, 0.1) is 4.92 Å². The molecule has 1 unspecified atom stereocenters. The number of nitro groups is 1. The highest BCUT2D eigenvalue weighted by Gasteiger charge is 2.37. The molecule has 0 aliphatic heterocycles. The van der Waals surface area contributed by atoms with Crippen LogP contribution < -0.4 is 9.61 Å². The summed E-state index contributed by atoms with van der Waals surface area (Å²) in [7, 11) is -4.63. The second-order valence-corrected chi connectivity index (χ2v) is 7.03. The van der Waals surface area contributed by atoms with E-state index >= 15 is 0 Å². The molecule has 1 atom stereocenters. The molecule has 1 aromatic rings. The van der Waals surface area contributed by atoms with Gasteiger partial charge in [-0.1, -0.05) is 34.8 Å². The SMILES string of the molecule is O=C(NP(=O)(O)Oc1ccc([N+](=O)[O-])cc1)C(Cl)(Cl)Cl. The number of hydrogen-bond donors (Lipinski definition) is 2. The van der Waals surface area contributed by atoms with Gasteiger partial charge < -0.3 is 4.52 Å². The minimum Gasteiger partial charge on any atom is -0.409 e. The van der Waals surface area contributed by atoms with E-state index in [-0.39, 0.29) is 11.4 Å². The lowest BCUT2D eigenvalue weighted by Gasteiger charge is -2.16. The van der Waals surface area contributed by atoms with Crippen LogP contribution in [0.1, 0.15) is 0 Å². The summed E-state index contributed by atoms with van der Waals surface area (Å²) >= 11 is 15.6. The largest absolute Gasteiger partial charge is 0.486 e. The van der Waals surface area contributed by atoms with Crippen molar-refractivity contribution < 1.29 is 23.7 Å². The average molecular weight is 363 g/mol. The molecule has 0 radical (unpaired) electrons. The average Bonchev–Trinajstić information content (AvgIpc) is 2.27. The van der Waals surface area contributed by atoms with Crippen molar-refractivity contribution in [3.8, 4) is 5.75 Å². The molecule has 0 saturated carbocycles. The van der Waals surface area contributed by atoms with E-state index < -0.39 is 22.4 Å². The number of amides is 1. The Morgan fingerprint density at radius 3 is 2.25 bits per heavy atom. The van der Waals surface area contributed by atoms with Gasteiger partial charge in [0.15, 0.2) is 0 Å². The zero-order chi connectivity index (χ0) is 15.6. The first-order chi connectivity index (χ1) is 9.01. The van der Waals surface area contributed by atoms with Gasteiger partial charge in [-0.3, -0.25) is 19.8 Å². The first-order valence-electron chi connectivity index (χ1n) is 4.67. The second-order valence-electron chi connectivity index (χ2n) is 3.30. The number of nitrogens with one attached hydrogen (secondary N) is 1. The number of nitrogens with zero attached hydrogens (tertiary/aromatic N) is 1. The Balaban J connectivity index is 2.78. The monoisotopic (exact) mass is 362 g/mol. The molecule has 0 aliphatic rings. The van der Waals surface area contributed by atoms with Crippen molar-refractivity contribution in [2.45, 2.75) is 3.79 Å². The summed E-state index contributed by atoms with van der Waals surface area (Å²) in [5.41, 5.74) is -0.240. The van der Waals surface area contributed by atoms with Crippen molar-refractivity contribution in [2.24, 2.45) is 0 Å². The van der Waals surface area contributed by atoms with Gasteiger partial charge in [-0.05, 0) is 12.1 Å². The van der Waals surface area contributed by atoms with Crippen LogP contribution in [0.2, 0.25) is 0 Å². The Morgan fingerprint density at radius 2 is 1.85 bits per heavy atom. The van der Waals surface area contributed by atoms with Gasteiger partial charge in [-0.25, -0.2) is 9.65 Å². The summed E-state index contributed by atoms with van der Waals surface area (Å²) in [6, 6.07) is 4.24. The topological polar surface area (TPSA) is 119 Å². The number of nitro benzene ring substituents is 1. The molecule has 0 heterocycles. The van der Waals surface area contributed by atoms with Gasteiger partial charge in [0.25, 0.3) is 15.4 Å². The number of alkyl halides is 3. The molecule has 0 spiro atoms. The molecular weight excluding hydrogens is 357 g/mol. The van der Waals surface area contributed by atoms with Crippen molar-refractivity contribution >= 4 is 54.1 Å². The van der Waals surface area contributed by atoms with E-state index in [1.807, 2.05) is 0 Å². The second kappa shape index (κ2) is 6.15. The van der Waals surface area contributed by atoms with Crippen molar-refractivity contribution in [1.29, 1.82) is 0 Å². The van der Waals surface area contributed by atoms with E-state index in [0.29, 0.717) is 0 Å². The summed E-state index contributed by atoms with van der Waals surface area (Å²) in [4.78, 5) is 30.3. The third-order valence-electron chi connectivity index (χ3n) is 1.78. The van der Waals surface area contributed by atoms with E-state index in [9.17, 15) is 24.4 Å². The molecule has 2 N–H and O–H groups in total. The summed E-state index contributed by atoms with van der Waals surface area (Å²) in [6.07, 6.45) is 0. The number of carbonyl (C=O) groups excluding carboxylic acids is 1. The highest BCUT2D eigenvalue weighted by Crippen LogP contribution is 2.40. The fraction of sp³-hybridized carbons (Fsp3) is 0.125. The van der Waals surface area contributed by atoms with Crippen LogP contribution in [-0.2, 0) is 9.36 Å². The molecule has 20 heavy (non-hydrogen) atoms. The fourth-order valence-electron chi connectivity index (χ4n) is 0.986. The van der Waals surface area contributed by atoms with Gasteiger partial charge in [0, 0.05) is 12.1 Å². The molecule has 0 saturated heterocycles. The molecule has 8 nitrogen and oxygen atoms in total. The molecule has 1 rings (SSSR count). The van der Waals surface area contributed by atoms with E-state index in [2.05, 4.69) is 4.52 Å². The highest BCUT2D eigenvalue weighted by atomic mass is 35.6. The van der Waals surface area contributed by atoms with Gasteiger partial charge in [-0.15, -0.1) is 0 Å². The number of hydrogen-bond acceptors (Lipinski definition) is 5. The van der Waals surface area contributed by atoms with Crippen LogP contribution in [-0.4, -0.2) is 19.5 Å². The number of carbonyl (C=O) groups is 1. The Kier molecular flexibility index (Phi) is 5.23. The molecule has 1 aromatic carbocycles. The van der Waals surface area contributed by atoms with Gasteiger partial charge in [-0.2, -0.15) is 0 Å². The quantitative estimate of drug-likeness (QED) is 0.367. The zero-order valence-electron chi connectivity index (χ0n) is 9.33. The molecule has 0 aromatic heterocycles. The highest BCUT2D eigenvalue weighted by molar-refractivity contribution is 7.52. The maximum atomic E-state index is 11.6. The normalized spacial score (nSPS) is 14.2. The molecule has 12 heteroatoms. The van der Waals surface area contributed by atoms with Gasteiger partial charge in [0.2, 0.25) is 0 Å². The van der Waals surface area contributed by atoms with Crippen LogP contribution in [0.15, 0.2) is 24.3 Å². The minimum absolute atomic E-state index is 0.189. The van der Waals surface area contributed by atoms with Crippen molar-refractivity contribution in [3.05, 3.63) is 34.4 Å². The Labute approximate surface area is 127 Å². The maximum Gasteiger partial charge on any atom is 0.486 e. The maximum absolute atomic E-state index is 11.6. The third-order valence-corrected chi connectivity index (χ3v) is 3.24. The molecule has 0 aliphatic carbocycles. The predicted octanol–water partition coefficient (Wildman–Crippen LogP) is 2.56. The Morgan fingerprint density at radius 1 is 1.35 bits per heavy atom. The number of rotatable bonds is 4. The Bertz CT molecular complexity index is 573. The molecule has 0 fully saturated rings. The van der Waals surface area contributed by atoms with Gasteiger partial charge in [0.1, 0.15) is 5.75 Å². The molecule has 110 valence electrons. The van der Waals surface area contributed by atoms with E-state index in [4.69, 9.17) is 34.8 Å². The zero-order valence-corrected chi connectivity index (χ0v) is 12.5. The first-order valence-corrected chi connectivity index (χ1v) is 7.39. The molecule has 1 amide bonds. The van der Waals surface area contributed by atoms with Crippen LogP contribution in [0.5, 0.6) is 5.75 Å². The van der Waals surface area contributed by atoms with Crippen molar-refractivity contribution in [3.63, 3.8) is 0 Å². The lowest BCUT2D eigenvalue weighted by molar-refractivity contribution is -0.384. The van der Waals surface area contributed by atoms with Crippen LogP contribution in [0.3, 0.4) is 0 Å². The Hall–Kier alpha value is -1.05. The van der Waals surface area contributed by atoms with Crippen molar-refractivity contribution in [1.82, 2.24) is 5.09 Å². The van der Waals surface area contributed by atoms with Crippen LogP contribution in [0.4, 0.5) is 5.69 Å². The number of benzene rings is 1. The van der Waals surface area contributed by atoms with E-state index in [0.717, 1.165) is 24.3 Å². The number of halogens is 3. The summed E-state index contributed by atoms with van der Waals surface area (Å²) in [5.74, 6) is -1.54. The lowest BCUT2D eigenvalue weighted by Crippen LogP contribution is -2.33. The smallest absolute Gasteiger partial charge is 0.409 e. The molecule has 0 bridgehead atoms. The van der Waals surface area contributed by atoms with Crippen LogP contribution in [0, 0.1) is 10.1 Å². The van der Waals surface area contributed by atoms with Crippen LogP contribution in [0.25, 0.3) is 0 Å². The minimum atomic E-state index is -4.63. The third kappa shape index (κ3) is 5.15. The predicted molar refractivity (Wildman–Crippen MR) is 72.0 cm³/mol. The summed E-state index contributed by atoms with van der Waals surface area (Å²) in [6.45, 7) is 0. The summed E-state index contributed by atoms with van der Waals surface area (Å²) in [5, 5.41) is 11.9. The first kappa shape index (κ1) is 17.0. The molecular formula is C8H6Cl3N2O6P. The van der Waals surface area contributed by atoms with Crippen molar-refractivity contribution in [2.75, 3.05) is 0 Å².